The van der Waals surface area contributed by atoms with E-state index in [4.69, 9.17) is 4.74 Å². The summed E-state index contributed by atoms with van der Waals surface area (Å²) in [6.07, 6.45) is 3.82. The number of carbonyl (C=O) groups is 2. The third-order valence-electron chi connectivity index (χ3n) is 4.20. The zero-order valence-corrected chi connectivity index (χ0v) is 14.2. The molecule has 0 spiro atoms. The van der Waals surface area contributed by atoms with Gasteiger partial charge in [-0.1, -0.05) is 30.3 Å². The molecule has 0 unspecified atom stereocenters. The summed E-state index contributed by atoms with van der Waals surface area (Å²) in [5.41, 5.74) is 2.67. The van der Waals surface area contributed by atoms with Gasteiger partial charge in [0.15, 0.2) is 0 Å². The third-order valence-corrected chi connectivity index (χ3v) is 4.20. The molecule has 2 aromatic rings. The van der Waals surface area contributed by atoms with E-state index in [0.717, 1.165) is 11.1 Å². The maximum atomic E-state index is 12.5. The fourth-order valence-corrected chi connectivity index (χ4v) is 3.00. The van der Waals surface area contributed by atoms with E-state index < -0.39 is 0 Å². The Morgan fingerprint density at radius 1 is 1.16 bits per heavy atom. The minimum absolute atomic E-state index is 0.0927. The number of carbonyl (C=O) groups excluding carboxylic acids is 2. The molecule has 5 nitrogen and oxygen atoms in total. The lowest BCUT2D eigenvalue weighted by Gasteiger charge is -2.32. The highest BCUT2D eigenvalue weighted by atomic mass is 16.5. The molecule has 0 fully saturated rings. The highest BCUT2D eigenvalue weighted by Gasteiger charge is 2.28. The minimum Gasteiger partial charge on any atom is -0.497 e. The lowest BCUT2D eigenvalue weighted by Crippen LogP contribution is -2.33. The quantitative estimate of drug-likeness (QED) is 0.928. The van der Waals surface area contributed by atoms with Crippen LogP contribution in [0.4, 0.5) is 5.69 Å². The molecule has 3 rings (SSSR count). The number of fused-ring (bicyclic) bond motifs is 1. The fraction of sp³-hybridized carbons (Fsp3) is 0.200. The Morgan fingerprint density at radius 3 is 2.72 bits per heavy atom. The summed E-state index contributed by atoms with van der Waals surface area (Å²) in [5, 5.41) is 2.87. The molecule has 5 heteroatoms. The molecule has 128 valence electrons. The van der Waals surface area contributed by atoms with Crippen molar-refractivity contribution in [1.29, 1.82) is 0 Å². The average Bonchev–Trinajstić information content (AvgIpc) is 2.61. The molecule has 0 aliphatic carbocycles. The van der Waals surface area contributed by atoms with Gasteiger partial charge in [-0.2, -0.15) is 0 Å². The van der Waals surface area contributed by atoms with E-state index in [-0.39, 0.29) is 24.3 Å². The van der Waals surface area contributed by atoms with Gasteiger partial charge in [-0.25, -0.2) is 0 Å². The van der Waals surface area contributed by atoms with Gasteiger partial charge in [-0.3, -0.25) is 9.59 Å². The van der Waals surface area contributed by atoms with Gasteiger partial charge < -0.3 is 15.0 Å². The van der Waals surface area contributed by atoms with E-state index in [1.165, 1.54) is 6.92 Å². The molecule has 1 aliphatic heterocycles. The van der Waals surface area contributed by atoms with Crippen molar-refractivity contribution in [3.63, 3.8) is 0 Å². The van der Waals surface area contributed by atoms with E-state index in [0.29, 0.717) is 11.4 Å². The molecule has 25 heavy (non-hydrogen) atoms. The second kappa shape index (κ2) is 7.21. The van der Waals surface area contributed by atoms with Crippen LogP contribution in [0.15, 0.2) is 54.7 Å². The number of nitrogens with zero attached hydrogens (tertiary/aromatic N) is 1. The number of ether oxygens (including phenoxy) is 1. The number of methoxy groups -OCH3 is 1. The van der Waals surface area contributed by atoms with E-state index in [2.05, 4.69) is 5.32 Å². The van der Waals surface area contributed by atoms with Crippen molar-refractivity contribution in [3.8, 4) is 5.75 Å². The van der Waals surface area contributed by atoms with E-state index in [9.17, 15) is 9.59 Å². The standard InChI is InChI=1S/C20H20N2O3/c1-14(23)22-11-10-15-6-3-4-9-18(15)19(22)13-20(24)21-16-7-5-8-17(12-16)25-2/h3-12,19H,13H2,1-2H3,(H,21,24)/t19-/m0/s1. The summed E-state index contributed by atoms with van der Waals surface area (Å²) in [7, 11) is 1.58. The summed E-state index contributed by atoms with van der Waals surface area (Å²) in [4.78, 5) is 26.1. The van der Waals surface area contributed by atoms with Gasteiger partial charge in [-0.05, 0) is 29.3 Å². The first kappa shape index (κ1) is 16.8. The van der Waals surface area contributed by atoms with Gasteiger partial charge in [0.2, 0.25) is 11.8 Å². The molecule has 2 amide bonds. The van der Waals surface area contributed by atoms with Crippen LogP contribution in [0.25, 0.3) is 6.08 Å². The van der Waals surface area contributed by atoms with E-state index in [1.54, 1.807) is 30.3 Å². The van der Waals surface area contributed by atoms with E-state index in [1.807, 2.05) is 42.5 Å². The third kappa shape index (κ3) is 3.71. The zero-order chi connectivity index (χ0) is 17.8. The predicted octanol–water partition coefficient (Wildman–Crippen LogP) is 3.60. The maximum Gasteiger partial charge on any atom is 0.226 e. The summed E-state index contributed by atoms with van der Waals surface area (Å²) in [6.45, 7) is 1.51. The topological polar surface area (TPSA) is 58.6 Å². The van der Waals surface area contributed by atoms with Crippen LogP contribution in [0.2, 0.25) is 0 Å². The van der Waals surface area contributed by atoms with Crippen LogP contribution in [0.3, 0.4) is 0 Å². The van der Waals surface area contributed by atoms with Crippen molar-refractivity contribution in [2.45, 2.75) is 19.4 Å². The van der Waals surface area contributed by atoms with Crippen LogP contribution in [0.5, 0.6) is 5.75 Å². The Bertz CT molecular complexity index is 829. The summed E-state index contributed by atoms with van der Waals surface area (Å²) < 4.78 is 5.17. The first-order chi connectivity index (χ1) is 12.1. The second-order valence-electron chi connectivity index (χ2n) is 5.87. The van der Waals surface area contributed by atoms with Crippen molar-refractivity contribution < 1.29 is 14.3 Å². The first-order valence-corrected chi connectivity index (χ1v) is 8.08. The number of rotatable bonds is 4. The van der Waals surface area contributed by atoms with Gasteiger partial charge in [0, 0.05) is 24.9 Å². The molecule has 1 aliphatic rings. The van der Waals surface area contributed by atoms with Gasteiger partial charge in [0.05, 0.1) is 19.6 Å². The smallest absolute Gasteiger partial charge is 0.226 e. The monoisotopic (exact) mass is 336 g/mol. The molecule has 0 saturated heterocycles. The second-order valence-corrected chi connectivity index (χ2v) is 5.87. The first-order valence-electron chi connectivity index (χ1n) is 8.08. The Morgan fingerprint density at radius 2 is 1.96 bits per heavy atom. The van der Waals surface area contributed by atoms with Crippen molar-refractivity contribution in [2.24, 2.45) is 0 Å². The Labute approximate surface area is 146 Å². The molecular formula is C20H20N2O3. The van der Waals surface area contributed by atoms with Crippen LogP contribution in [-0.4, -0.2) is 23.8 Å². The van der Waals surface area contributed by atoms with Crippen molar-refractivity contribution in [1.82, 2.24) is 4.90 Å². The van der Waals surface area contributed by atoms with Gasteiger partial charge >= 0.3 is 0 Å². The predicted molar refractivity (Wildman–Crippen MR) is 97.0 cm³/mol. The van der Waals surface area contributed by atoms with Crippen LogP contribution in [-0.2, 0) is 9.59 Å². The van der Waals surface area contributed by atoms with Crippen molar-refractivity contribution in [3.05, 3.63) is 65.9 Å². The van der Waals surface area contributed by atoms with E-state index >= 15 is 0 Å². The minimum atomic E-state index is -0.315. The van der Waals surface area contributed by atoms with Crippen LogP contribution >= 0.6 is 0 Å². The SMILES string of the molecule is COc1cccc(NC(=O)C[C@H]2c3ccccc3C=CN2C(C)=O)c1. The summed E-state index contributed by atoms with van der Waals surface area (Å²) >= 11 is 0. The number of benzene rings is 2. The molecule has 0 saturated carbocycles. The normalized spacial score (nSPS) is 15.4. The largest absolute Gasteiger partial charge is 0.497 e. The number of hydrogen-bond acceptors (Lipinski definition) is 3. The Balaban J connectivity index is 1.80. The van der Waals surface area contributed by atoms with Crippen molar-refractivity contribution >= 4 is 23.6 Å². The van der Waals surface area contributed by atoms with Gasteiger partial charge in [0.25, 0.3) is 0 Å². The number of anilines is 1. The number of hydrogen-bond donors (Lipinski definition) is 1. The number of nitrogens with one attached hydrogen (secondary N) is 1. The van der Waals surface area contributed by atoms with Crippen LogP contribution in [0.1, 0.15) is 30.5 Å². The lowest BCUT2D eigenvalue weighted by molar-refractivity contribution is -0.129. The molecule has 0 aromatic heterocycles. The molecule has 1 N–H and O–H groups in total. The molecule has 0 radical (unpaired) electrons. The molecule has 2 aromatic carbocycles. The summed E-state index contributed by atoms with van der Waals surface area (Å²) in [5.74, 6) is 0.425. The molecular weight excluding hydrogens is 316 g/mol. The van der Waals surface area contributed by atoms with Crippen LogP contribution in [0, 0.1) is 0 Å². The molecule has 0 bridgehead atoms. The Hall–Kier alpha value is -3.08. The fourth-order valence-electron chi connectivity index (χ4n) is 3.00. The lowest BCUT2D eigenvalue weighted by atomic mass is 9.93. The zero-order valence-electron chi connectivity index (χ0n) is 14.2. The summed E-state index contributed by atoms with van der Waals surface area (Å²) in [6, 6.07) is 14.7. The number of amides is 2. The maximum absolute atomic E-state index is 12.5. The van der Waals surface area contributed by atoms with Gasteiger partial charge in [-0.15, -0.1) is 0 Å². The highest BCUT2D eigenvalue weighted by Crippen LogP contribution is 2.33. The molecule has 1 atom stereocenters. The Kier molecular flexibility index (Phi) is 4.84. The highest BCUT2D eigenvalue weighted by molar-refractivity contribution is 5.92. The van der Waals surface area contributed by atoms with Crippen molar-refractivity contribution in [2.75, 3.05) is 12.4 Å². The molecule has 1 heterocycles. The average molecular weight is 336 g/mol. The van der Waals surface area contributed by atoms with Crippen LogP contribution < -0.4 is 10.1 Å². The van der Waals surface area contributed by atoms with Gasteiger partial charge in [0.1, 0.15) is 5.75 Å².